The van der Waals surface area contributed by atoms with Crippen LogP contribution in [0.3, 0.4) is 0 Å². The summed E-state index contributed by atoms with van der Waals surface area (Å²) < 4.78 is 7.29. The normalized spacial score (nSPS) is 23.9. The van der Waals surface area contributed by atoms with E-state index in [2.05, 4.69) is 10.4 Å². The Bertz CT molecular complexity index is 408. The van der Waals surface area contributed by atoms with E-state index in [9.17, 15) is 4.79 Å². The molecule has 6 nitrogen and oxygen atoms in total. The molecular weight excluding hydrogens is 232 g/mol. The first kappa shape index (κ1) is 12.9. The number of rotatable bonds is 4. The Labute approximate surface area is 106 Å². The van der Waals surface area contributed by atoms with Crippen LogP contribution in [0.15, 0.2) is 6.20 Å². The molecule has 2 rings (SSSR count). The topological polar surface area (TPSA) is 82.2 Å². The third-order valence-corrected chi connectivity index (χ3v) is 3.50. The zero-order valence-corrected chi connectivity index (χ0v) is 10.8. The van der Waals surface area contributed by atoms with Crippen molar-refractivity contribution >= 4 is 5.91 Å². The molecule has 3 N–H and O–H groups in total. The van der Waals surface area contributed by atoms with Gasteiger partial charge in [-0.15, -0.1) is 0 Å². The number of carbonyl (C=O) groups is 1. The van der Waals surface area contributed by atoms with E-state index in [1.54, 1.807) is 13.3 Å². The molecule has 1 aromatic rings. The average Bonchev–Trinajstić information content (AvgIpc) is 2.81. The summed E-state index contributed by atoms with van der Waals surface area (Å²) in [5.41, 5.74) is 6.45. The molecule has 2 atom stereocenters. The number of hydrogen-bond acceptors (Lipinski definition) is 4. The largest absolute Gasteiger partial charge is 0.493 e. The van der Waals surface area contributed by atoms with E-state index in [4.69, 9.17) is 10.5 Å². The zero-order valence-electron chi connectivity index (χ0n) is 10.8. The SMILES string of the molecule is CCn1ncc(OC)c1C1CCNC(C(N)=O)C1. The van der Waals surface area contributed by atoms with Gasteiger partial charge in [0.15, 0.2) is 5.75 Å². The summed E-state index contributed by atoms with van der Waals surface area (Å²) in [5, 5.41) is 7.45. The molecule has 2 heterocycles. The molecule has 1 amide bonds. The van der Waals surface area contributed by atoms with Crippen LogP contribution < -0.4 is 15.8 Å². The molecule has 18 heavy (non-hydrogen) atoms. The van der Waals surface area contributed by atoms with Crippen LogP contribution in [0.2, 0.25) is 0 Å². The second-order valence-corrected chi connectivity index (χ2v) is 4.54. The maximum atomic E-state index is 11.3. The number of amides is 1. The number of nitrogens with two attached hydrogens (primary N) is 1. The quantitative estimate of drug-likeness (QED) is 0.803. The third-order valence-electron chi connectivity index (χ3n) is 3.50. The molecule has 1 aromatic heterocycles. The molecule has 1 saturated heterocycles. The predicted molar refractivity (Wildman–Crippen MR) is 67.4 cm³/mol. The molecule has 6 heteroatoms. The van der Waals surface area contributed by atoms with Crippen molar-refractivity contribution in [3.8, 4) is 5.75 Å². The van der Waals surface area contributed by atoms with Crippen LogP contribution in [0, 0.1) is 0 Å². The minimum Gasteiger partial charge on any atom is -0.493 e. The average molecular weight is 252 g/mol. The Morgan fingerprint density at radius 3 is 3.11 bits per heavy atom. The number of nitrogens with one attached hydrogen (secondary N) is 1. The van der Waals surface area contributed by atoms with Crippen LogP contribution in [-0.2, 0) is 11.3 Å². The first-order valence-electron chi connectivity index (χ1n) is 6.29. The van der Waals surface area contributed by atoms with Crippen LogP contribution in [0.25, 0.3) is 0 Å². The standard InChI is InChI=1S/C12H20N4O2/c1-3-16-11(10(18-2)7-15-16)8-4-5-14-9(6-8)12(13)17/h7-9,14H,3-6H2,1-2H3,(H2,13,17). The summed E-state index contributed by atoms with van der Waals surface area (Å²) in [6, 6.07) is -0.256. The lowest BCUT2D eigenvalue weighted by Gasteiger charge is -2.29. The lowest BCUT2D eigenvalue weighted by atomic mass is 9.89. The van der Waals surface area contributed by atoms with Crippen molar-refractivity contribution in [3.05, 3.63) is 11.9 Å². The summed E-state index contributed by atoms with van der Waals surface area (Å²) in [4.78, 5) is 11.3. The number of primary amides is 1. The number of ether oxygens (including phenoxy) is 1. The molecule has 0 aliphatic carbocycles. The molecule has 0 aromatic carbocycles. The minimum absolute atomic E-state index is 0.256. The first-order chi connectivity index (χ1) is 8.67. The number of methoxy groups -OCH3 is 1. The highest BCUT2D eigenvalue weighted by Crippen LogP contribution is 2.33. The molecular formula is C12H20N4O2. The number of aromatic nitrogens is 2. The minimum atomic E-state index is -0.291. The molecule has 100 valence electrons. The zero-order chi connectivity index (χ0) is 13.1. The smallest absolute Gasteiger partial charge is 0.234 e. The Balaban J connectivity index is 2.24. The summed E-state index contributed by atoms with van der Waals surface area (Å²) in [6.45, 7) is 3.63. The van der Waals surface area contributed by atoms with Gasteiger partial charge < -0.3 is 15.8 Å². The van der Waals surface area contributed by atoms with Gasteiger partial charge in [0, 0.05) is 12.5 Å². The molecule has 1 aliphatic heterocycles. The molecule has 2 unspecified atom stereocenters. The second kappa shape index (κ2) is 5.39. The van der Waals surface area contributed by atoms with E-state index < -0.39 is 0 Å². The van der Waals surface area contributed by atoms with Gasteiger partial charge in [0.1, 0.15) is 0 Å². The van der Waals surface area contributed by atoms with Gasteiger partial charge >= 0.3 is 0 Å². The van der Waals surface area contributed by atoms with Crippen molar-refractivity contribution in [1.82, 2.24) is 15.1 Å². The third kappa shape index (κ3) is 2.33. The van der Waals surface area contributed by atoms with Crippen molar-refractivity contribution in [3.63, 3.8) is 0 Å². The molecule has 0 bridgehead atoms. The molecule has 0 spiro atoms. The Morgan fingerprint density at radius 2 is 2.50 bits per heavy atom. The highest BCUT2D eigenvalue weighted by atomic mass is 16.5. The highest BCUT2D eigenvalue weighted by Gasteiger charge is 2.30. The highest BCUT2D eigenvalue weighted by molar-refractivity contribution is 5.80. The van der Waals surface area contributed by atoms with E-state index in [0.717, 1.165) is 31.0 Å². The van der Waals surface area contributed by atoms with Crippen molar-refractivity contribution in [2.75, 3.05) is 13.7 Å². The number of piperidine rings is 1. The Hall–Kier alpha value is -1.56. The fourth-order valence-electron chi connectivity index (χ4n) is 2.58. The van der Waals surface area contributed by atoms with E-state index in [-0.39, 0.29) is 17.9 Å². The van der Waals surface area contributed by atoms with Crippen molar-refractivity contribution in [2.24, 2.45) is 5.73 Å². The van der Waals surface area contributed by atoms with E-state index in [0.29, 0.717) is 6.42 Å². The maximum absolute atomic E-state index is 11.3. The predicted octanol–water partition coefficient (Wildman–Crippen LogP) is 0.233. The number of nitrogens with zero attached hydrogens (tertiary/aromatic N) is 2. The fraction of sp³-hybridized carbons (Fsp3) is 0.667. The van der Waals surface area contributed by atoms with Gasteiger partial charge in [0.2, 0.25) is 5.91 Å². The van der Waals surface area contributed by atoms with Gasteiger partial charge in [-0.3, -0.25) is 9.48 Å². The monoisotopic (exact) mass is 252 g/mol. The van der Waals surface area contributed by atoms with E-state index in [1.807, 2.05) is 11.6 Å². The Morgan fingerprint density at radius 1 is 1.72 bits per heavy atom. The van der Waals surface area contributed by atoms with E-state index >= 15 is 0 Å². The van der Waals surface area contributed by atoms with Gasteiger partial charge in [-0.25, -0.2) is 0 Å². The van der Waals surface area contributed by atoms with Gasteiger partial charge in [0.25, 0.3) is 0 Å². The fourth-order valence-corrected chi connectivity index (χ4v) is 2.58. The van der Waals surface area contributed by atoms with Crippen molar-refractivity contribution in [1.29, 1.82) is 0 Å². The van der Waals surface area contributed by atoms with Crippen LogP contribution in [0.5, 0.6) is 5.75 Å². The van der Waals surface area contributed by atoms with Gasteiger partial charge in [-0.05, 0) is 26.3 Å². The van der Waals surface area contributed by atoms with Gasteiger partial charge in [-0.2, -0.15) is 5.10 Å². The number of carbonyl (C=O) groups excluding carboxylic acids is 1. The van der Waals surface area contributed by atoms with Crippen LogP contribution >= 0.6 is 0 Å². The van der Waals surface area contributed by atoms with Gasteiger partial charge in [-0.1, -0.05) is 0 Å². The summed E-state index contributed by atoms with van der Waals surface area (Å²) in [7, 11) is 1.65. The van der Waals surface area contributed by atoms with Crippen LogP contribution in [-0.4, -0.2) is 35.4 Å². The van der Waals surface area contributed by atoms with Crippen molar-refractivity contribution in [2.45, 2.75) is 38.3 Å². The molecule has 1 fully saturated rings. The van der Waals surface area contributed by atoms with Crippen molar-refractivity contribution < 1.29 is 9.53 Å². The van der Waals surface area contributed by atoms with Gasteiger partial charge in [0.05, 0.1) is 25.0 Å². The lowest BCUT2D eigenvalue weighted by molar-refractivity contribution is -0.120. The summed E-state index contributed by atoms with van der Waals surface area (Å²) in [5.74, 6) is 0.773. The lowest BCUT2D eigenvalue weighted by Crippen LogP contribution is -2.46. The van der Waals surface area contributed by atoms with E-state index in [1.165, 1.54) is 0 Å². The number of aryl methyl sites for hydroxylation is 1. The summed E-state index contributed by atoms with van der Waals surface area (Å²) >= 11 is 0. The molecule has 0 radical (unpaired) electrons. The first-order valence-corrected chi connectivity index (χ1v) is 6.29. The molecule has 0 saturated carbocycles. The van der Waals surface area contributed by atoms with Crippen LogP contribution in [0.4, 0.5) is 0 Å². The molecule has 1 aliphatic rings. The second-order valence-electron chi connectivity index (χ2n) is 4.54. The van der Waals surface area contributed by atoms with Crippen LogP contribution in [0.1, 0.15) is 31.4 Å². The Kier molecular flexibility index (Phi) is 3.86. The maximum Gasteiger partial charge on any atom is 0.234 e. The summed E-state index contributed by atoms with van der Waals surface area (Å²) in [6.07, 6.45) is 3.41. The number of hydrogen-bond donors (Lipinski definition) is 2.